The lowest BCUT2D eigenvalue weighted by molar-refractivity contribution is 0.0521. The Morgan fingerprint density at radius 2 is 2.11 bits per heavy atom. The van der Waals surface area contributed by atoms with Crippen molar-refractivity contribution in [3.05, 3.63) is 53.2 Å². The lowest BCUT2D eigenvalue weighted by Crippen LogP contribution is -2.48. The Kier molecular flexibility index (Phi) is 6.42. The number of halogens is 1. The van der Waals surface area contributed by atoms with Gasteiger partial charge in [0, 0.05) is 35.4 Å². The fourth-order valence-electron chi connectivity index (χ4n) is 4.34. The molecule has 2 atom stereocenters. The summed E-state index contributed by atoms with van der Waals surface area (Å²) in [4.78, 5) is 30.8. The van der Waals surface area contributed by atoms with Crippen LogP contribution in [0, 0.1) is 6.92 Å². The van der Waals surface area contributed by atoms with E-state index in [-0.39, 0.29) is 30.5 Å². The highest BCUT2D eigenvalue weighted by molar-refractivity contribution is 6.30. The molecule has 0 aliphatic carbocycles. The Balaban J connectivity index is 1.43. The Labute approximate surface area is 207 Å². The van der Waals surface area contributed by atoms with E-state index in [9.17, 15) is 9.90 Å². The maximum atomic E-state index is 13.5. The van der Waals surface area contributed by atoms with Gasteiger partial charge in [-0.15, -0.1) is 0 Å². The van der Waals surface area contributed by atoms with Gasteiger partial charge < -0.3 is 19.8 Å². The normalized spacial score (nSPS) is 17.2. The van der Waals surface area contributed by atoms with Crippen molar-refractivity contribution < 1.29 is 19.7 Å². The highest BCUT2D eigenvalue weighted by Gasteiger charge is 2.40. The summed E-state index contributed by atoms with van der Waals surface area (Å²) in [5.74, 6) is 0.841. The van der Waals surface area contributed by atoms with E-state index in [4.69, 9.17) is 26.4 Å². The third-order valence-electron chi connectivity index (χ3n) is 5.97. The van der Waals surface area contributed by atoms with Crippen LogP contribution in [0.3, 0.4) is 0 Å². The van der Waals surface area contributed by atoms with Crippen LogP contribution >= 0.6 is 11.6 Å². The highest BCUT2D eigenvalue weighted by atomic mass is 35.5. The summed E-state index contributed by atoms with van der Waals surface area (Å²) in [6.07, 6.45) is -0.212. The Hall–Kier alpha value is -3.47. The van der Waals surface area contributed by atoms with Gasteiger partial charge in [-0.25, -0.2) is 14.8 Å². The number of aromatic nitrogens is 3. The third-order valence-corrected chi connectivity index (χ3v) is 6.21. The monoisotopic (exact) mass is 496 g/mol. The summed E-state index contributed by atoms with van der Waals surface area (Å²) < 4.78 is 5.43. The number of nitrogens with one attached hydrogen (secondary N) is 1. The summed E-state index contributed by atoms with van der Waals surface area (Å²) in [6, 6.07) is 12.5. The minimum Gasteiger partial charge on any atom is -0.475 e. The number of aliphatic hydroxyl groups is 2. The molecule has 35 heavy (non-hydrogen) atoms. The Bertz CT molecular complexity index is 1260. The molecule has 1 saturated heterocycles. The van der Waals surface area contributed by atoms with Gasteiger partial charge in [0.1, 0.15) is 12.7 Å². The standard InChI is InChI=1S/C24H25ClN6O4/c1-14-9-21(35-13-18(33)12-32)28-23(26-14)29-24(34)31-17-7-8-30(11-17)20-6-5-19(27-22(20)31)15-3-2-4-16(25)10-15/h2-6,9-10,17-18,32-33H,7-8,11-13H2,1H3,(H,26,28,29,34)/t17-,18?/m0/s1. The van der Waals surface area contributed by atoms with Crippen LogP contribution < -0.4 is 19.9 Å². The number of anilines is 3. The SMILES string of the molecule is Cc1cc(OCC(O)CO)nc(NC(=O)N2c3nc(-c4cccc(Cl)c4)ccc3N3CC[C@H]2C3)n1. The largest absolute Gasteiger partial charge is 0.475 e. The molecule has 3 N–H and O–H groups in total. The van der Waals surface area contributed by atoms with Crippen LogP contribution in [0.1, 0.15) is 12.1 Å². The zero-order valence-electron chi connectivity index (χ0n) is 19.1. The number of benzene rings is 1. The molecule has 2 aliphatic rings. The minimum atomic E-state index is -1.03. The van der Waals surface area contributed by atoms with Crippen LogP contribution in [0.25, 0.3) is 11.3 Å². The summed E-state index contributed by atoms with van der Waals surface area (Å²) in [5, 5.41) is 21.9. The second-order valence-corrected chi connectivity index (χ2v) is 8.99. The average molecular weight is 497 g/mol. The zero-order valence-corrected chi connectivity index (χ0v) is 19.8. The number of pyridine rings is 1. The van der Waals surface area contributed by atoms with Crippen LogP contribution in [-0.4, -0.2) is 69.6 Å². The molecule has 2 amide bonds. The number of aliphatic hydroxyl groups excluding tert-OH is 2. The molecule has 11 heteroatoms. The fourth-order valence-corrected chi connectivity index (χ4v) is 4.53. The first-order valence-electron chi connectivity index (χ1n) is 11.3. The maximum absolute atomic E-state index is 13.5. The van der Waals surface area contributed by atoms with Gasteiger partial charge in [0.05, 0.1) is 24.0 Å². The van der Waals surface area contributed by atoms with Crippen molar-refractivity contribution in [2.75, 3.05) is 41.4 Å². The molecule has 5 rings (SSSR count). The molecule has 182 valence electrons. The number of rotatable bonds is 6. The number of amides is 2. The van der Waals surface area contributed by atoms with E-state index in [0.29, 0.717) is 16.5 Å². The average Bonchev–Trinajstić information content (AvgIpc) is 3.26. The van der Waals surface area contributed by atoms with E-state index in [1.165, 1.54) is 0 Å². The second kappa shape index (κ2) is 9.65. The quantitative estimate of drug-likeness (QED) is 0.476. The smallest absolute Gasteiger partial charge is 0.330 e. The maximum Gasteiger partial charge on any atom is 0.330 e. The van der Waals surface area contributed by atoms with Gasteiger partial charge in [0.15, 0.2) is 5.82 Å². The van der Waals surface area contributed by atoms with Crippen molar-refractivity contribution in [2.45, 2.75) is 25.5 Å². The summed E-state index contributed by atoms with van der Waals surface area (Å²) >= 11 is 6.18. The minimum absolute atomic E-state index is 0.0372. The number of ether oxygens (including phenoxy) is 1. The first-order chi connectivity index (χ1) is 16.9. The van der Waals surface area contributed by atoms with Crippen molar-refractivity contribution in [3.8, 4) is 17.1 Å². The molecule has 0 radical (unpaired) electrons. The van der Waals surface area contributed by atoms with Gasteiger partial charge in [-0.2, -0.15) is 4.98 Å². The second-order valence-electron chi connectivity index (χ2n) is 8.56. The molecule has 0 saturated carbocycles. The number of fused-ring (bicyclic) bond motifs is 4. The molecule has 1 aromatic carbocycles. The van der Waals surface area contributed by atoms with Crippen LogP contribution in [0.5, 0.6) is 5.88 Å². The van der Waals surface area contributed by atoms with Gasteiger partial charge in [0.2, 0.25) is 11.8 Å². The van der Waals surface area contributed by atoms with Gasteiger partial charge in [-0.05, 0) is 37.6 Å². The summed E-state index contributed by atoms with van der Waals surface area (Å²) in [6.45, 7) is 2.75. The van der Waals surface area contributed by atoms with Crippen LogP contribution in [0.4, 0.5) is 22.2 Å². The van der Waals surface area contributed by atoms with Crippen molar-refractivity contribution in [3.63, 3.8) is 0 Å². The van der Waals surface area contributed by atoms with Gasteiger partial charge in [-0.3, -0.25) is 10.2 Å². The molecule has 1 unspecified atom stereocenters. The summed E-state index contributed by atoms with van der Waals surface area (Å²) in [5.41, 5.74) is 3.06. The van der Waals surface area contributed by atoms with Crippen LogP contribution in [-0.2, 0) is 0 Å². The molecule has 0 spiro atoms. The number of aryl methyl sites for hydroxylation is 1. The lowest BCUT2D eigenvalue weighted by atomic mass is 10.1. The molecule has 1 fully saturated rings. The predicted molar refractivity (Wildman–Crippen MR) is 132 cm³/mol. The molecular formula is C24H25ClN6O4. The van der Waals surface area contributed by atoms with E-state index in [1.807, 2.05) is 30.3 Å². The number of hydrogen-bond donors (Lipinski definition) is 3. The van der Waals surface area contributed by atoms with E-state index in [0.717, 1.165) is 36.5 Å². The van der Waals surface area contributed by atoms with Crippen LogP contribution in [0.2, 0.25) is 5.02 Å². The van der Waals surface area contributed by atoms with Crippen molar-refractivity contribution in [2.24, 2.45) is 0 Å². The van der Waals surface area contributed by atoms with E-state index >= 15 is 0 Å². The predicted octanol–water partition coefficient (Wildman–Crippen LogP) is 2.86. The fraction of sp³-hybridized carbons (Fsp3) is 0.333. The van der Waals surface area contributed by atoms with Gasteiger partial charge in [0.25, 0.3) is 0 Å². The van der Waals surface area contributed by atoms with Crippen molar-refractivity contribution >= 4 is 35.1 Å². The number of hydrogen-bond acceptors (Lipinski definition) is 8. The molecule has 3 aromatic rings. The number of carbonyl (C=O) groups is 1. The summed E-state index contributed by atoms with van der Waals surface area (Å²) in [7, 11) is 0. The third kappa shape index (κ3) is 4.86. The topological polar surface area (TPSA) is 124 Å². The van der Waals surface area contributed by atoms with Crippen molar-refractivity contribution in [1.29, 1.82) is 0 Å². The number of carbonyl (C=O) groups excluding carboxylic acids is 1. The first kappa shape index (κ1) is 23.3. The molecule has 2 bridgehead atoms. The van der Waals surface area contributed by atoms with Crippen molar-refractivity contribution in [1.82, 2.24) is 15.0 Å². The number of nitrogens with zero attached hydrogens (tertiary/aromatic N) is 5. The zero-order chi connectivity index (χ0) is 24.5. The first-order valence-corrected chi connectivity index (χ1v) is 11.7. The van der Waals surface area contributed by atoms with Gasteiger partial charge in [-0.1, -0.05) is 23.7 Å². The van der Waals surface area contributed by atoms with E-state index in [2.05, 4.69) is 20.2 Å². The van der Waals surface area contributed by atoms with Crippen LogP contribution in [0.15, 0.2) is 42.5 Å². The van der Waals surface area contributed by atoms with E-state index < -0.39 is 12.7 Å². The lowest BCUT2D eigenvalue weighted by Gasteiger charge is -2.35. The van der Waals surface area contributed by atoms with Gasteiger partial charge >= 0.3 is 6.03 Å². The highest BCUT2D eigenvalue weighted by Crippen LogP contribution is 2.40. The molecule has 4 heterocycles. The molecule has 10 nitrogen and oxygen atoms in total. The molecular weight excluding hydrogens is 472 g/mol. The Morgan fingerprint density at radius 3 is 2.91 bits per heavy atom. The molecule has 2 aromatic heterocycles. The molecule has 2 aliphatic heterocycles. The van der Waals surface area contributed by atoms with E-state index in [1.54, 1.807) is 24.0 Å². The number of urea groups is 1. The Morgan fingerprint density at radius 1 is 1.26 bits per heavy atom.